The quantitative estimate of drug-likeness (QED) is 0.797. The molecule has 3 rings (SSSR count). The zero-order valence-electron chi connectivity index (χ0n) is 11.1. The molecular formula is C13H15N5S. The minimum absolute atomic E-state index is 0.109. The van der Waals surface area contributed by atoms with E-state index in [1.807, 2.05) is 37.6 Å². The predicted octanol–water partition coefficient (Wildman–Crippen LogP) is 2.98. The molecule has 0 fully saturated rings. The summed E-state index contributed by atoms with van der Waals surface area (Å²) in [6, 6.07) is 4.10. The monoisotopic (exact) mass is 273 g/mol. The molecule has 98 valence electrons. The average Bonchev–Trinajstić information content (AvgIpc) is 2.94. The third-order valence-electron chi connectivity index (χ3n) is 2.83. The summed E-state index contributed by atoms with van der Waals surface area (Å²) in [5.41, 5.74) is 3.05. The Morgan fingerprint density at radius 3 is 2.84 bits per heavy atom. The van der Waals surface area contributed by atoms with Crippen molar-refractivity contribution in [2.75, 3.05) is 5.32 Å². The molecule has 3 heterocycles. The van der Waals surface area contributed by atoms with E-state index < -0.39 is 0 Å². The third kappa shape index (κ3) is 2.44. The number of fused-ring (bicyclic) bond motifs is 1. The molecule has 0 bridgehead atoms. The van der Waals surface area contributed by atoms with E-state index in [9.17, 15) is 0 Å². The first kappa shape index (κ1) is 12.1. The minimum Gasteiger partial charge on any atom is -0.344 e. The van der Waals surface area contributed by atoms with Crippen molar-refractivity contribution in [3.8, 4) is 0 Å². The highest BCUT2D eigenvalue weighted by Gasteiger charge is 2.12. The molecule has 0 aliphatic rings. The second-order valence-corrected chi connectivity index (χ2v) is 5.53. The van der Waals surface area contributed by atoms with Gasteiger partial charge in [-0.1, -0.05) is 6.07 Å². The average molecular weight is 273 g/mol. The smallest absolute Gasteiger partial charge is 0.243 e. The van der Waals surface area contributed by atoms with Gasteiger partial charge in [-0.25, -0.2) is 9.50 Å². The van der Waals surface area contributed by atoms with Crippen molar-refractivity contribution in [3.63, 3.8) is 0 Å². The number of aromatic nitrogens is 4. The fourth-order valence-corrected chi connectivity index (χ4v) is 2.68. The van der Waals surface area contributed by atoms with E-state index in [0.29, 0.717) is 5.95 Å². The van der Waals surface area contributed by atoms with Gasteiger partial charge >= 0.3 is 0 Å². The summed E-state index contributed by atoms with van der Waals surface area (Å²) >= 11 is 1.65. The fourth-order valence-electron chi connectivity index (χ4n) is 1.87. The van der Waals surface area contributed by atoms with Gasteiger partial charge in [0.05, 0.1) is 6.04 Å². The second-order valence-electron chi connectivity index (χ2n) is 4.64. The van der Waals surface area contributed by atoms with Crippen molar-refractivity contribution in [3.05, 3.63) is 40.0 Å². The fraction of sp³-hybridized carbons (Fsp3) is 0.308. The lowest BCUT2D eigenvalue weighted by Gasteiger charge is -2.08. The highest BCUT2D eigenvalue weighted by Crippen LogP contribution is 2.21. The van der Waals surface area contributed by atoms with E-state index in [0.717, 1.165) is 21.9 Å². The molecule has 0 radical (unpaired) electrons. The summed E-state index contributed by atoms with van der Waals surface area (Å²) in [7, 11) is 0. The number of anilines is 1. The van der Waals surface area contributed by atoms with Crippen molar-refractivity contribution in [2.24, 2.45) is 0 Å². The zero-order valence-corrected chi connectivity index (χ0v) is 11.9. The molecule has 0 saturated heterocycles. The van der Waals surface area contributed by atoms with Crippen molar-refractivity contribution in [2.45, 2.75) is 26.8 Å². The maximum absolute atomic E-state index is 4.47. The first-order chi connectivity index (χ1) is 9.11. The molecule has 1 N–H and O–H groups in total. The minimum atomic E-state index is 0.109. The lowest BCUT2D eigenvalue weighted by Crippen LogP contribution is -2.07. The van der Waals surface area contributed by atoms with Crippen LogP contribution in [0.25, 0.3) is 5.65 Å². The maximum Gasteiger partial charge on any atom is 0.243 e. The van der Waals surface area contributed by atoms with Crippen LogP contribution in [0.4, 0.5) is 5.95 Å². The van der Waals surface area contributed by atoms with E-state index in [4.69, 9.17) is 0 Å². The summed E-state index contributed by atoms with van der Waals surface area (Å²) in [4.78, 5) is 8.91. The Morgan fingerprint density at radius 1 is 1.26 bits per heavy atom. The second kappa shape index (κ2) is 4.62. The molecule has 19 heavy (non-hydrogen) atoms. The lowest BCUT2D eigenvalue weighted by molar-refractivity contribution is 0.837. The number of nitrogens with zero attached hydrogens (tertiary/aromatic N) is 4. The van der Waals surface area contributed by atoms with Gasteiger partial charge in [0.1, 0.15) is 5.01 Å². The van der Waals surface area contributed by atoms with Gasteiger partial charge in [0, 0.05) is 17.3 Å². The van der Waals surface area contributed by atoms with E-state index >= 15 is 0 Å². The topological polar surface area (TPSA) is 55.1 Å². The van der Waals surface area contributed by atoms with Crippen LogP contribution >= 0.6 is 11.3 Å². The molecule has 3 aromatic heterocycles. The molecule has 0 spiro atoms. The molecule has 0 saturated carbocycles. The normalized spacial score (nSPS) is 12.8. The Hall–Kier alpha value is -1.95. The van der Waals surface area contributed by atoms with Crippen LogP contribution < -0.4 is 5.32 Å². The van der Waals surface area contributed by atoms with Crippen LogP contribution in [-0.2, 0) is 0 Å². The first-order valence-corrected chi connectivity index (χ1v) is 7.01. The molecule has 1 atom stereocenters. The molecule has 0 aromatic carbocycles. The number of hydrogen-bond donors (Lipinski definition) is 1. The number of hydrogen-bond acceptors (Lipinski definition) is 5. The number of aryl methyl sites for hydroxylation is 2. The van der Waals surface area contributed by atoms with Crippen molar-refractivity contribution < 1.29 is 0 Å². The van der Waals surface area contributed by atoms with Gasteiger partial charge in [0.25, 0.3) is 0 Å². The summed E-state index contributed by atoms with van der Waals surface area (Å²) in [6.45, 7) is 6.10. The van der Waals surface area contributed by atoms with E-state index in [2.05, 4.69) is 27.3 Å². The highest BCUT2D eigenvalue weighted by atomic mass is 32.1. The van der Waals surface area contributed by atoms with Crippen molar-refractivity contribution in [1.82, 2.24) is 19.6 Å². The van der Waals surface area contributed by atoms with E-state index in [-0.39, 0.29) is 6.04 Å². The van der Waals surface area contributed by atoms with Gasteiger partial charge in [-0.05, 0) is 32.4 Å². The standard InChI is InChI=1S/C13H15N5S/c1-8-4-5-11-16-13(17-18(11)6-8)15-10(3)12-14-9(2)7-19-12/h4-7,10H,1-3H3,(H,15,17). The SMILES string of the molecule is Cc1ccc2nc(NC(C)c3nc(C)cs3)nn2c1. The van der Waals surface area contributed by atoms with Gasteiger partial charge in [0.15, 0.2) is 5.65 Å². The van der Waals surface area contributed by atoms with Crippen LogP contribution in [0.1, 0.15) is 29.2 Å². The maximum atomic E-state index is 4.47. The highest BCUT2D eigenvalue weighted by molar-refractivity contribution is 7.09. The molecule has 0 amide bonds. The Morgan fingerprint density at radius 2 is 2.11 bits per heavy atom. The third-order valence-corrected chi connectivity index (χ3v) is 3.98. The van der Waals surface area contributed by atoms with Crippen LogP contribution in [0.2, 0.25) is 0 Å². The Balaban J connectivity index is 1.85. The largest absolute Gasteiger partial charge is 0.344 e. The molecule has 3 aromatic rings. The Bertz CT molecular complexity index is 715. The molecule has 1 unspecified atom stereocenters. The van der Waals surface area contributed by atoms with E-state index in [1.165, 1.54) is 0 Å². The number of nitrogens with one attached hydrogen (secondary N) is 1. The molecule has 0 aliphatic heterocycles. The first-order valence-electron chi connectivity index (χ1n) is 6.13. The van der Waals surface area contributed by atoms with Gasteiger partial charge in [0.2, 0.25) is 5.95 Å². The van der Waals surface area contributed by atoms with Crippen LogP contribution in [0.3, 0.4) is 0 Å². The molecule has 5 nitrogen and oxygen atoms in total. The van der Waals surface area contributed by atoms with Crippen molar-refractivity contribution >= 4 is 22.9 Å². The molecule has 0 aliphatic carbocycles. The van der Waals surface area contributed by atoms with Gasteiger partial charge < -0.3 is 5.32 Å². The van der Waals surface area contributed by atoms with Gasteiger partial charge in [-0.2, -0.15) is 4.98 Å². The van der Waals surface area contributed by atoms with Crippen molar-refractivity contribution in [1.29, 1.82) is 0 Å². The summed E-state index contributed by atoms with van der Waals surface area (Å²) in [5, 5.41) is 10.8. The number of pyridine rings is 1. The lowest BCUT2D eigenvalue weighted by atomic mass is 10.3. The number of rotatable bonds is 3. The Labute approximate surface area is 115 Å². The van der Waals surface area contributed by atoms with Crippen LogP contribution in [0.5, 0.6) is 0 Å². The number of thiazole rings is 1. The van der Waals surface area contributed by atoms with E-state index in [1.54, 1.807) is 15.9 Å². The predicted molar refractivity (Wildman–Crippen MR) is 76.6 cm³/mol. The molecule has 6 heteroatoms. The summed E-state index contributed by atoms with van der Waals surface area (Å²) in [6.07, 6.45) is 1.96. The van der Waals surface area contributed by atoms with Crippen LogP contribution in [0.15, 0.2) is 23.7 Å². The zero-order chi connectivity index (χ0) is 13.4. The Kier molecular flexibility index (Phi) is 2.94. The van der Waals surface area contributed by atoms with Gasteiger partial charge in [-0.3, -0.25) is 0 Å². The summed E-state index contributed by atoms with van der Waals surface area (Å²) in [5.74, 6) is 0.631. The van der Waals surface area contributed by atoms with Crippen LogP contribution in [-0.4, -0.2) is 19.6 Å². The van der Waals surface area contributed by atoms with Gasteiger partial charge in [-0.15, -0.1) is 16.4 Å². The summed E-state index contributed by atoms with van der Waals surface area (Å²) < 4.78 is 1.79. The molecular weight excluding hydrogens is 258 g/mol. The van der Waals surface area contributed by atoms with Crippen LogP contribution in [0, 0.1) is 13.8 Å².